The Labute approximate surface area is 102 Å². The summed E-state index contributed by atoms with van der Waals surface area (Å²) >= 11 is 5.75. The SMILES string of the molecule is CNc1ccc(Cl)cc1C.O=CC1CCC1. The Balaban J connectivity index is 0.000000181. The molecule has 0 amide bonds. The van der Waals surface area contributed by atoms with E-state index >= 15 is 0 Å². The molecule has 2 nitrogen and oxygen atoms in total. The fourth-order valence-corrected chi connectivity index (χ4v) is 1.71. The first kappa shape index (κ1) is 13.0. The zero-order valence-electron chi connectivity index (χ0n) is 9.79. The maximum absolute atomic E-state index is 9.79. The van der Waals surface area contributed by atoms with E-state index in [0.29, 0.717) is 5.92 Å². The molecule has 1 aliphatic carbocycles. The molecule has 1 N–H and O–H groups in total. The molecule has 0 aromatic heterocycles. The summed E-state index contributed by atoms with van der Waals surface area (Å²) in [6.45, 7) is 2.03. The van der Waals surface area contributed by atoms with Crippen LogP contribution in [-0.2, 0) is 4.79 Å². The molecule has 2 rings (SSSR count). The molecule has 16 heavy (non-hydrogen) atoms. The van der Waals surface area contributed by atoms with Gasteiger partial charge < -0.3 is 10.1 Å². The Morgan fingerprint density at radius 3 is 2.44 bits per heavy atom. The molecule has 0 atom stereocenters. The minimum atomic E-state index is 0.435. The van der Waals surface area contributed by atoms with Crippen LogP contribution in [0, 0.1) is 12.8 Å². The van der Waals surface area contributed by atoms with Crippen LogP contribution >= 0.6 is 11.6 Å². The highest BCUT2D eigenvalue weighted by Crippen LogP contribution is 2.23. The van der Waals surface area contributed by atoms with Crippen LogP contribution in [0.25, 0.3) is 0 Å². The molecule has 0 unspecified atom stereocenters. The normalized spacial score (nSPS) is 14.4. The maximum Gasteiger partial charge on any atom is 0.123 e. The molecule has 0 heterocycles. The average Bonchev–Trinajstić information content (AvgIpc) is 2.17. The van der Waals surface area contributed by atoms with E-state index in [9.17, 15) is 4.79 Å². The number of aryl methyl sites for hydroxylation is 1. The number of halogens is 1. The van der Waals surface area contributed by atoms with Gasteiger partial charge in [-0.1, -0.05) is 18.0 Å². The van der Waals surface area contributed by atoms with Crippen molar-refractivity contribution in [1.29, 1.82) is 0 Å². The minimum Gasteiger partial charge on any atom is -0.388 e. The Bertz CT molecular complexity index is 348. The number of carbonyl (C=O) groups excluding carboxylic acids is 1. The molecule has 1 aromatic rings. The number of hydrogen-bond acceptors (Lipinski definition) is 2. The largest absolute Gasteiger partial charge is 0.388 e. The predicted octanol–water partition coefficient (Wildman–Crippen LogP) is 3.68. The first-order valence-corrected chi connectivity index (χ1v) is 5.94. The highest BCUT2D eigenvalue weighted by molar-refractivity contribution is 6.30. The quantitative estimate of drug-likeness (QED) is 0.798. The van der Waals surface area contributed by atoms with E-state index in [1.807, 2.05) is 32.2 Å². The first-order valence-electron chi connectivity index (χ1n) is 5.56. The summed E-state index contributed by atoms with van der Waals surface area (Å²) in [5.74, 6) is 0.435. The maximum atomic E-state index is 9.79. The van der Waals surface area contributed by atoms with Crippen molar-refractivity contribution in [2.75, 3.05) is 12.4 Å². The lowest BCUT2D eigenvalue weighted by atomic mass is 9.87. The van der Waals surface area contributed by atoms with E-state index in [4.69, 9.17) is 11.6 Å². The summed E-state index contributed by atoms with van der Waals surface area (Å²) in [7, 11) is 1.90. The van der Waals surface area contributed by atoms with Crippen molar-refractivity contribution in [3.05, 3.63) is 28.8 Å². The molecule has 0 radical (unpaired) electrons. The van der Waals surface area contributed by atoms with Crippen molar-refractivity contribution in [3.63, 3.8) is 0 Å². The second-order valence-corrected chi connectivity index (χ2v) is 4.47. The van der Waals surface area contributed by atoms with Gasteiger partial charge in [-0.15, -0.1) is 0 Å². The molecule has 1 aromatic carbocycles. The van der Waals surface area contributed by atoms with Crippen LogP contribution < -0.4 is 5.32 Å². The molecule has 3 heteroatoms. The van der Waals surface area contributed by atoms with E-state index in [-0.39, 0.29) is 0 Å². The molecule has 1 saturated carbocycles. The van der Waals surface area contributed by atoms with Crippen LogP contribution in [0.2, 0.25) is 5.02 Å². The van der Waals surface area contributed by atoms with Gasteiger partial charge in [0.25, 0.3) is 0 Å². The molecule has 0 bridgehead atoms. The topological polar surface area (TPSA) is 29.1 Å². The van der Waals surface area contributed by atoms with Crippen LogP contribution in [0.5, 0.6) is 0 Å². The van der Waals surface area contributed by atoms with Gasteiger partial charge in [0.05, 0.1) is 0 Å². The smallest absolute Gasteiger partial charge is 0.123 e. The summed E-state index contributed by atoms with van der Waals surface area (Å²) in [5.41, 5.74) is 2.31. The predicted molar refractivity (Wildman–Crippen MR) is 69.1 cm³/mol. The third-order valence-electron chi connectivity index (χ3n) is 2.80. The van der Waals surface area contributed by atoms with E-state index in [2.05, 4.69) is 5.32 Å². The van der Waals surface area contributed by atoms with Crippen LogP contribution in [0.4, 0.5) is 5.69 Å². The van der Waals surface area contributed by atoms with Gasteiger partial charge in [-0.25, -0.2) is 0 Å². The zero-order chi connectivity index (χ0) is 12.0. The number of aldehydes is 1. The van der Waals surface area contributed by atoms with Gasteiger partial charge in [0.2, 0.25) is 0 Å². The van der Waals surface area contributed by atoms with Crippen molar-refractivity contribution < 1.29 is 4.79 Å². The molecule has 88 valence electrons. The Morgan fingerprint density at radius 1 is 1.44 bits per heavy atom. The van der Waals surface area contributed by atoms with Gasteiger partial charge in [0.15, 0.2) is 0 Å². The summed E-state index contributed by atoms with van der Waals surface area (Å²) < 4.78 is 0. The number of hydrogen-bond donors (Lipinski definition) is 1. The molecule has 0 spiro atoms. The lowest BCUT2D eigenvalue weighted by molar-refractivity contribution is -0.113. The summed E-state index contributed by atoms with van der Waals surface area (Å²) in [5, 5.41) is 3.85. The van der Waals surface area contributed by atoms with Crippen molar-refractivity contribution in [1.82, 2.24) is 0 Å². The third-order valence-corrected chi connectivity index (χ3v) is 3.04. The van der Waals surface area contributed by atoms with Crippen molar-refractivity contribution in [2.45, 2.75) is 26.2 Å². The van der Waals surface area contributed by atoms with Gasteiger partial charge >= 0.3 is 0 Å². The number of nitrogens with one attached hydrogen (secondary N) is 1. The van der Waals surface area contributed by atoms with Crippen molar-refractivity contribution in [3.8, 4) is 0 Å². The average molecular weight is 240 g/mol. The second-order valence-electron chi connectivity index (χ2n) is 4.04. The highest BCUT2D eigenvalue weighted by atomic mass is 35.5. The third kappa shape index (κ3) is 3.86. The van der Waals surface area contributed by atoms with Crippen molar-refractivity contribution >= 4 is 23.6 Å². The highest BCUT2D eigenvalue weighted by Gasteiger charge is 2.14. The van der Waals surface area contributed by atoms with Gasteiger partial charge in [0, 0.05) is 23.7 Å². The second kappa shape index (κ2) is 6.54. The van der Waals surface area contributed by atoms with Gasteiger partial charge in [-0.05, 0) is 43.5 Å². The molecular formula is C13H18ClNO. The lowest BCUT2D eigenvalue weighted by Crippen LogP contribution is -2.10. The van der Waals surface area contributed by atoms with E-state index in [1.54, 1.807) is 0 Å². The van der Waals surface area contributed by atoms with Crippen molar-refractivity contribution in [2.24, 2.45) is 5.92 Å². The summed E-state index contributed by atoms with van der Waals surface area (Å²) in [6.07, 6.45) is 4.61. The lowest BCUT2D eigenvalue weighted by Gasteiger charge is -2.17. The Hall–Kier alpha value is -1.02. The van der Waals surface area contributed by atoms with Crippen LogP contribution in [-0.4, -0.2) is 13.3 Å². The number of carbonyl (C=O) groups is 1. The summed E-state index contributed by atoms with van der Waals surface area (Å²) in [4.78, 5) is 9.79. The van der Waals surface area contributed by atoms with Gasteiger partial charge in [-0.2, -0.15) is 0 Å². The monoisotopic (exact) mass is 239 g/mol. The number of rotatable bonds is 2. The summed E-state index contributed by atoms with van der Waals surface area (Å²) in [6, 6.07) is 5.78. The van der Waals surface area contributed by atoms with Crippen LogP contribution in [0.15, 0.2) is 18.2 Å². The first-order chi connectivity index (χ1) is 7.67. The van der Waals surface area contributed by atoms with E-state index in [0.717, 1.165) is 29.8 Å². The van der Waals surface area contributed by atoms with E-state index < -0.39 is 0 Å². The molecule has 1 fully saturated rings. The van der Waals surface area contributed by atoms with E-state index in [1.165, 1.54) is 12.0 Å². The molecule has 0 saturated heterocycles. The van der Waals surface area contributed by atoms with Gasteiger partial charge in [-0.3, -0.25) is 0 Å². The molecule has 1 aliphatic rings. The minimum absolute atomic E-state index is 0.435. The molecular weight excluding hydrogens is 222 g/mol. The number of benzene rings is 1. The fourth-order valence-electron chi connectivity index (χ4n) is 1.48. The zero-order valence-corrected chi connectivity index (χ0v) is 10.6. The number of anilines is 1. The Morgan fingerprint density at radius 2 is 2.12 bits per heavy atom. The van der Waals surface area contributed by atoms with Crippen LogP contribution in [0.1, 0.15) is 24.8 Å². The van der Waals surface area contributed by atoms with Gasteiger partial charge in [0.1, 0.15) is 6.29 Å². The Kier molecular flexibility index (Phi) is 5.33. The molecule has 0 aliphatic heterocycles. The standard InChI is InChI=1S/C8H10ClN.C5H8O/c1-6-5-7(9)3-4-8(6)10-2;6-4-5-2-1-3-5/h3-5,10H,1-2H3;4-5H,1-3H2. The van der Waals surface area contributed by atoms with Crippen LogP contribution in [0.3, 0.4) is 0 Å². The fraction of sp³-hybridized carbons (Fsp3) is 0.462.